The largest absolute Gasteiger partial charge is 0.493 e. The Kier molecular flexibility index (Phi) is 11.5. The van der Waals surface area contributed by atoms with Crippen LogP contribution in [-0.4, -0.2) is 51.6 Å². The Labute approximate surface area is 271 Å². The van der Waals surface area contributed by atoms with Gasteiger partial charge in [0.1, 0.15) is 6.61 Å². The summed E-state index contributed by atoms with van der Waals surface area (Å²) in [4.78, 5) is 37.3. The Hall–Kier alpha value is -5.23. The number of halogens is 1. The molecule has 242 valence electrons. The molecule has 0 fully saturated rings. The van der Waals surface area contributed by atoms with Crippen LogP contribution in [0.5, 0.6) is 23.0 Å². The lowest BCUT2D eigenvalue weighted by Gasteiger charge is -2.28. The molecule has 3 amide bonds. The Bertz CT molecular complexity index is 1670. The number of nitrogens with one attached hydrogen (secondary N) is 3. The second-order valence-electron chi connectivity index (χ2n) is 10.1. The summed E-state index contributed by atoms with van der Waals surface area (Å²) in [7, 11) is 2.94. The summed E-state index contributed by atoms with van der Waals surface area (Å²) in [5, 5.41) is 9.63. The van der Waals surface area contributed by atoms with Crippen LogP contribution in [0.3, 0.4) is 0 Å². The molecule has 3 N–H and O–H groups in total. The van der Waals surface area contributed by atoms with Crippen LogP contribution in [0.15, 0.2) is 71.0 Å². The zero-order valence-corrected chi connectivity index (χ0v) is 26.8. The first-order chi connectivity index (χ1) is 22.1. The highest BCUT2D eigenvalue weighted by atomic mass is 35.5. The van der Waals surface area contributed by atoms with Gasteiger partial charge in [0.2, 0.25) is 0 Å². The van der Waals surface area contributed by atoms with Gasteiger partial charge in [-0.25, -0.2) is 15.0 Å². The molecule has 0 saturated heterocycles. The van der Waals surface area contributed by atoms with E-state index in [1.54, 1.807) is 44.2 Å². The van der Waals surface area contributed by atoms with E-state index in [4.69, 9.17) is 35.3 Å². The van der Waals surface area contributed by atoms with Crippen molar-refractivity contribution in [3.8, 4) is 23.0 Å². The molecule has 4 rings (SSSR count). The number of aryl methyl sites for hydroxylation is 1. The number of hydrogen-bond donors (Lipinski definition) is 3. The number of rotatable bonds is 13. The molecular weight excluding hydrogens is 616 g/mol. The highest BCUT2D eigenvalue weighted by Crippen LogP contribution is 2.37. The van der Waals surface area contributed by atoms with E-state index in [0.29, 0.717) is 40.0 Å². The van der Waals surface area contributed by atoms with Gasteiger partial charge in [-0.1, -0.05) is 47.5 Å². The van der Waals surface area contributed by atoms with Crippen LogP contribution in [0, 0.1) is 6.92 Å². The van der Waals surface area contributed by atoms with Crippen molar-refractivity contribution in [2.75, 3.05) is 27.4 Å². The number of ether oxygens (including phenoxy) is 5. The van der Waals surface area contributed by atoms with Crippen LogP contribution in [0.1, 0.15) is 42.1 Å². The van der Waals surface area contributed by atoms with Crippen LogP contribution in [0.4, 0.5) is 4.79 Å². The molecule has 3 aromatic carbocycles. The first-order valence-corrected chi connectivity index (χ1v) is 14.6. The number of carbonyl (C=O) groups excluding carboxylic acids is 3. The summed E-state index contributed by atoms with van der Waals surface area (Å²) < 4.78 is 27.7. The number of nitrogens with zero attached hydrogens (tertiary/aromatic N) is 1. The first-order valence-electron chi connectivity index (χ1n) is 14.3. The van der Waals surface area contributed by atoms with Gasteiger partial charge in [-0.05, 0) is 61.7 Å². The Morgan fingerprint density at radius 1 is 1.00 bits per heavy atom. The highest BCUT2D eigenvalue weighted by molar-refractivity contribution is 6.32. The fourth-order valence-corrected chi connectivity index (χ4v) is 4.95. The Morgan fingerprint density at radius 2 is 1.78 bits per heavy atom. The lowest BCUT2D eigenvalue weighted by molar-refractivity contribution is -0.139. The number of amides is 3. The van der Waals surface area contributed by atoms with E-state index in [-0.39, 0.29) is 30.3 Å². The molecule has 0 unspecified atom stereocenters. The molecule has 0 aliphatic carbocycles. The summed E-state index contributed by atoms with van der Waals surface area (Å²) in [6, 6.07) is 14.9. The minimum Gasteiger partial charge on any atom is -0.493 e. The number of allylic oxidation sites excluding steroid dienone is 1. The number of hydrogen-bond acceptors (Lipinski definition) is 9. The van der Waals surface area contributed by atoms with Gasteiger partial charge >= 0.3 is 12.0 Å². The quantitative estimate of drug-likeness (QED) is 0.134. The zero-order valence-electron chi connectivity index (χ0n) is 26.1. The van der Waals surface area contributed by atoms with E-state index in [0.717, 1.165) is 11.1 Å². The van der Waals surface area contributed by atoms with Crippen molar-refractivity contribution < 1.29 is 38.1 Å². The molecule has 1 aliphatic heterocycles. The van der Waals surface area contributed by atoms with E-state index in [2.05, 4.69) is 21.2 Å². The van der Waals surface area contributed by atoms with Crippen LogP contribution >= 0.6 is 11.6 Å². The smallest absolute Gasteiger partial charge is 0.338 e. The molecule has 1 heterocycles. The topological polar surface area (TPSA) is 146 Å². The lowest BCUT2D eigenvalue weighted by atomic mass is 9.95. The van der Waals surface area contributed by atoms with Crippen LogP contribution in [-0.2, 0) is 20.9 Å². The van der Waals surface area contributed by atoms with Gasteiger partial charge in [-0.3, -0.25) is 4.79 Å². The van der Waals surface area contributed by atoms with Crippen molar-refractivity contribution in [2.45, 2.75) is 33.4 Å². The van der Waals surface area contributed by atoms with Crippen molar-refractivity contribution in [3.63, 3.8) is 0 Å². The molecule has 46 heavy (non-hydrogen) atoms. The van der Waals surface area contributed by atoms with Crippen molar-refractivity contribution in [1.82, 2.24) is 16.1 Å². The Morgan fingerprint density at radius 3 is 2.50 bits per heavy atom. The van der Waals surface area contributed by atoms with Crippen molar-refractivity contribution in [1.29, 1.82) is 0 Å². The third-order valence-electron chi connectivity index (χ3n) is 6.76. The molecule has 3 aromatic rings. The van der Waals surface area contributed by atoms with Gasteiger partial charge in [-0.15, -0.1) is 0 Å². The summed E-state index contributed by atoms with van der Waals surface area (Å²) in [5.41, 5.74) is 6.28. The first kappa shape index (κ1) is 33.7. The second kappa shape index (κ2) is 15.7. The van der Waals surface area contributed by atoms with Crippen molar-refractivity contribution >= 4 is 35.7 Å². The highest BCUT2D eigenvalue weighted by Gasteiger charge is 2.32. The second-order valence-corrected chi connectivity index (χ2v) is 10.5. The molecule has 13 heteroatoms. The predicted molar refractivity (Wildman–Crippen MR) is 171 cm³/mol. The number of hydrazone groups is 1. The minimum absolute atomic E-state index is 0.177. The molecule has 0 radical (unpaired) electrons. The summed E-state index contributed by atoms with van der Waals surface area (Å²) >= 11 is 6.48. The van der Waals surface area contributed by atoms with E-state index in [1.807, 2.05) is 31.2 Å². The van der Waals surface area contributed by atoms with Gasteiger partial charge in [-0.2, -0.15) is 5.10 Å². The fourth-order valence-electron chi connectivity index (χ4n) is 4.67. The number of esters is 1. The van der Waals surface area contributed by atoms with Gasteiger partial charge in [0.15, 0.2) is 29.6 Å². The average Bonchev–Trinajstić information content (AvgIpc) is 3.02. The van der Waals surface area contributed by atoms with Crippen molar-refractivity contribution in [3.05, 3.63) is 93.1 Å². The minimum atomic E-state index is -0.783. The zero-order chi connectivity index (χ0) is 33.2. The third-order valence-corrected chi connectivity index (χ3v) is 7.05. The lowest BCUT2D eigenvalue weighted by Crippen LogP contribution is -2.45. The number of carbonyl (C=O) groups is 3. The maximum Gasteiger partial charge on any atom is 0.338 e. The van der Waals surface area contributed by atoms with Gasteiger partial charge < -0.3 is 34.3 Å². The normalized spacial score (nSPS) is 14.3. The third kappa shape index (κ3) is 8.48. The van der Waals surface area contributed by atoms with Gasteiger partial charge in [0.05, 0.1) is 43.7 Å². The molecular formula is C33H35ClN4O8. The van der Waals surface area contributed by atoms with E-state index in [1.165, 1.54) is 20.4 Å². The maximum atomic E-state index is 12.6. The monoisotopic (exact) mass is 650 g/mol. The van der Waals surface area contributed by atoms with Gasteiger partial charge in [0, 0.05) is 5.70 Å². The molecule has 0 bridgehead atoms. The van der Waals surface area contributed by atoms with Gasteiger partial charge in [0.25, 0.3) is 5.91 Å². The molecule has 1 atom stereocenters. The standard InChI is InChI=1S/C33H35ClN4O8/c1-6-44-32(40)29-20(3)36-33(41)37-30(29)23-10-11-25(26(15-23)42-4)45-18-28(39)38-35-16-22-13-24(34)31(27(14-22)43-5)46-17-21-9-7-8-19(2)12-21/h7-16,30H,6,17-18H2,1-5H3,(H,38,39)(H2,36,37,41)/b35-16-/t30-/m1/s1. The van der Waals surface area contributed by atoms with Crippen LogP contribution < -0.4 is 35.0 Å². The molecule has 12 nitrogen and oxygen atoms in total. The van der Waals surface area contributed by atoms with E-state index < -0.39 is 23.9 Å². The number of benzene rings is 3. The molecule has 0 spiro atoms. The fraction of sp³-hybridized carbons (Fsp3) is 0.273. The molecule has 0 aromatic heterocycles. The number of methoxy groups -OCH3 is 2. The summed E-state index contributed by atoms with van der Waals surface area (Å²) in [6.07, 6.45) is 1.41. The summed E-state index contributed by atoms with van der Waals surface area (Å²) in [5.74, 6) is 0.266. The van der Waals surface area contributed by atoms with Crippen LogP contribution in [0.2, 0.25) is 5.02 Å². The van der Waals surface area contributed by atoms with Crippen molar-refractivity contribution in [2.24, 2.45) is 5.10 Å². The molecule has 0 saturated carbocycles. The maximum absolute atomic E-state index is 12.6. The number of urea groups is 1. The average molecular weight is 651 g/mol. The van der Waals surface area contributed by atoms with Crippen LogP contribution in [0.25, 0.3) is 0 Å². The molecule has 1 aliphatic rings. The van der Waals surface area contributed by atoms with E-state index in [9.17, 15) is 14.4 Å². The Balaban J connectivity index is 1.37. The van der Waals surface area contributed by atoms with E-state index >= 15 is 0 Å². The summed E-state index contributed by atoms with van der Waals surface area (Å²) in [6.45, 7) is 5.44. The predicted octanol–water partition coefficient (Wildman–Crippen LogP) is 4.96. The SMILES string of the molecule is CCOC(=O)C1=C(C)NC(=O)N[C@@H]1c1ccc(OCC(=O)N/N=C\c2cc(Cl)c(OCc3cccc(C)c3)c(OC)c2)c(OC)c1.